The molecular formula is C13H20N2O2S. The molecule has 0 aliphatic carbocycles. The molecule has 0 saturated carbocycles. The molecule has 1 saturated heterocycles. The number of nitrogens with one attached hydrogen (secondary N) is 1. The van der Waals surface area contributed by atoms with E-state index >= 15 is 0 Å². The van der Waals surface area contributed by atoms with E-state index in [0.717, 1.165) is 17.7 Å². The van der Waals surface area contributed by atoms with Gasteiger partial charge in [0.15, 0.2) is 0 Å². The van der Waals surface area contributed by atoms with Crippen LogP contribution in [0.5, 0.6) is 0 Å². The summed E-state index contributed by atoms with van der Waals surface area (Å²) in [7, 11) is 0. The van der Waals surface area contributed by atoms with Crippen LogP contribution in [-0.4, -0.2) is 24.2 Å². The lowest BCUT2D eigenvalue weighted by atomic mass is 9.94. The summed E-state index contributed by atoms with van der Waals surface area (Å²) in [5, 5.41) is 3.07. The fourth-order valence-electron chi connectivity index (χ4n) is 2.22. The Bertz CT molecular complexity index is 434. The number of carbonyl (C=O) groups is 1. The van der Waals surface area contributed by atoms with E-state index in [1.54, 1.807) is 6.07 Å². The lowest BCUT2D eigenvalue weighted by Gasteiger charge is -2.35. The molecule has 2 heterocycles. The Labute approximate surface area is 112 Å². The largest absolute Gasteiger partial charge is 0.398 e. The minimum Gasteiger partial charge on any atom is -0.398 e. The molecule has 2 rings (SSSR count). The molecule has 1 atom stereocenters. The van der Waals surface area contributed by atoms with Crippen LogP contribution in [0.2, 0.25) is 0 Å². The number of aryl methyl sites for hydroxylation is 1. The van der Waals surface area contributed by atoms with E-state index in [2.05, 4.69) is 19.2 Å². The van der Waals surface area contributed by atoms with E-state index in [0.29, 0.717) is 17.2 Å². The molecule has 1 aliphatic rings. The van der Waals surface area contributed by atoms with Gasteiger partial charge in [0, 0.05) is 23.2 Å². The Balaban J connectivity index is 1.99. The van der Waals surface area contributed by atoms with Crippen LogP contribution in [0.25, 0.3) is 0 Å². The van der Waals surface area contributed by atoms with Crippen LogP contribution in [-0.2, 0) is 4.74 Å². The third kappa shape index (κ3) is 3.03. The number of nitrogens with two attached hydrogens (primary N) is 1. The van der Waals surface area contributed by atoms with Crippen LogP contribution in [0, 0.1) is 6.92 Å². The van der Waals surface area contributed by atoms with Crippen molar-refractivity contribution in [3.05, 3.63) is 15.8 Å². The van der Waals surface area contributed by atoms with Gasteiger partial charge in [-0.05, 0) is 39.7 Å². The third-order valence-electron chi connectivity index (χ3n) is 3.21. The minimum atomic E-state index is -0.152. The molecule has 0 spiro atoms. The molecular weight excluding hydrogens is 248 g/mol. The van der Waals surface area contributed by atoms with Crippen molar-refractivity contribution in [3.63, 3.8) is 0 Å². The topological polar surface area (TPSA) is 64.3 Å². The van der Waals surface area contributed by atoms with Crippen molar-refractivity contribution >= 4 is 22.9 Å². The van der Waals surface area contributed by atoms with Crippen molar-refractivity contribution in [2.24, 2.45) is 0 Å². The maximum absolute atomic E-state index is 12.1. The molecule has 100 valence electrons. The van der Waals surface area contributed by atoms with Crippen molar-refractivity contribution in [2.75, 3.05) is 12.3 Å². The van der Waals surface area contributed by atoms with Crippen LogP contribution in [0.4, 0.5) is 5.69 Å². The molecule has 3 N–H and O–H groups in total. The molecule has 18 heavy (non-hydrogen) atoms. The molecule has 1 unspecified atom stereocenters. The van der Waals surface area contributed by atoms with Gasteiger partial charge in [-0.15, -0.1) is 11.3 Å². The number of anilines is 1. The summed E-state index contributed by atoms with van der Waals surface area (Å²) in [5.41, 5.74) is 6.30. The molecule has 0 aromatic carbocycles. The van der Waals surface area contributed by atoms with Gasteiger partial charge >= 0.3 is 0 Å². The van der Waals surface area contributed by atoms with E-state index in [1.807, 2.05) is 6.92 Å². The Morgan fingerprint density at radius 3 is 2.89 bits per heavy atom. The zero-order chi connectivity index (χ0) is 13.3. The van der Waals surface area contributed by atoms with Gasteiger partial charge in [-0.2, -0.15) is 0 Å². The van der Waals surface area contributed by atoms with Gasteiger partial charge < -0.3 is 15.8 Å². The quantitative estimate of drug-likeness (QED) is 0.865. The smallest absolute Gasteiger partial charge is 0.261 e. The van der Waals surface area contributed by atoms with Gasteiger partial charge in [0.1, 0.15) is 0 Å². The molecule has 1 aromatic heterocycles. The fourth-order valence-corrected chi connectivity index (χ4v) is 3.06. The highest BCUT2D eigenvalue weighted by molar-refractivity contribution is 7.14. The van der Waals surface area contributed by atoms with Gasteiger partial charge in [0.25, 0.3) is 5.91 Å². The van der Waals surface area contributed by atoms with Crippen molar-refractivity contribution < 1.29 is 9.53 Å². The monoisotopic (exact) mass is 268 g/mol. The second kappa shape index (κ2) is 4.90. The van der Waals surface area contributed by atoms with E-state index < -0.39 is 0 Å². The van der Waals surface area contributed by atoms with Crippen LogP contribution in [0.3, 0.4) is 0 Å². The summed E-state index contributed by atoms with van der Waals surface area (Å²) in [6.07, 6.45) is 1.72. The summed E-state index contributed by atoms with van der Waals surface area (Å²) in [6, 6.07) is 1.93. The standard InChI is InChI=1S/C13H20N2O2S/c1-8-10(14)6-11(18-8)12(16)15-9-4-5-17-13(2,3)7-9/h6,9H,4-5,7,14H2,1-3H3,(H,15,16). The van der Waals surface area contributed by atoms with Gasteiger partial charge in [-0.25, -0.2) is 0 Å². The Kier molecular flexibility index (Phi) is 3.64. The van der Waals surface area contributed by atoms with Crippen molar-refractivity contribution in [3.8, 4) is 0 Å². The number of hydrogen-bond donors (Lipinski definition) is 2. The summed E-state index contributed by atoms with van der Waals surface area (Å²) in [5.74, 6) is -0.0255. The van der Waals surface area contributed by atoms with E-state index in [9.17, 15) is 4.79 Å². The number of rotatable bonds is 2. The van der Waals surface area contributed by atoms with Crippen LogP contribution in [0.15, 0.2) is 6.07 Å². The van der Waals surface area contributed by atoms with Gasteiger partial charge in [0.05, 0.1) is 10.5 Å². The predicted octanol–water partition coefficient (Wildman–Crippen LogP) is 2.33. The molecule has 5 heteroatoms. The number of hydrogen-bond acceptors (Lipinski definition) is 4. The number of thiophene rings is 1. The Morgan fingerprint density at radius 2 is 2.33 bits per heavy atom. The molecule has 0 bridgehead atoms. The second-order valence-corrected chi connectivity index (χ2v) is 6.65. The molecule has 1 fully saturated rings. The zero-order valence-corrected chi connectivity index (χ0v) is 11.9. The van der Waals surface area contributed by atoms with Crippen molar-refractivity contribution in [2.45, 2.75) is 45.3 Å². The van der Waals surface area contributed by atoms with Crippen LogP contribution in [0.1, 0.15) is 41.2 Å². The Hall–Kier alpha value is -1.07. The molecule has 1 aliphatic heterocycles. The maximum atomic E-state index is 12.1. The number of carbonyl (C=O) groups excluding carboxylic acids is 1. The van der Waals surface area contributed by atoms with Gasteiger partial charge in [-0.3, -0.25) is 4.79 Å². The maximum Gasteiger partial charge on any atom is 0.261 e. The molecule has 1 aromatic rings. The summed E-state index contributed by atoms with van der Waals surface area (Å²) in [4.78, 5) is 13.8. The van der Waals surface area contributed by atoms with Crippen LogP contribution >= 0.6 is 11.3 Å². The first-order valence-electron chi connectivity index (χ1n) is 6.18. The highest BCUT2D eigenvalue weighted by Gasteiger charge is 2.30. The predicted molar refractivity (Wildman–Crippen MR) is 74.0 cm³/mol. The van der Waals surface area contributed by atoms with E-state index in [-0.39, 0.29) is 17.6 Å². The van der Waals surface area contributed by atoms with E-state index in [4.69, 9.17) is 10.5 Å². The van der Waals surface area contributed by atoms with Gasteiger partial charge in [0.2, 0.25) is 0 Å². The number of amides is 1. The molecule has 1 amide bonds. The van der Waals surface area contributed by atoms with E-state index in [1.165, 1.54) is 11.3 Å². The average molecular weight is 268 g/mol. The summed E-state index contributed by atoms with van der Waals surface area (Å²) < 4.78 is 5.64. The highest BCUT2D eigenvalue weighted by Crippen LogP contribution is 2.26. The minimum absolute atomic E-state index is 0.0255. The van der Waals surface area contributed by atoms with Crippen molar-refractivity contribution in [1.29, 1.82) is 0 Å². The van der Waals surface area contributed by atoms with Crippen molar-refractivity contribution in [1.82, 2.24) is 5.32 Å². The fraction of sp³-hybridized carbons (Fsp3) is 0.615. The average Bonchev–Trinajstić information content (AvgIpc) is 2.58. The SMILES string of the molecule is Cc1sc(C(=O)NC2CCOC(C)(C)C2)cc1N. The third-order valence-corrected chi connectivity index (χ3v) is 4.28. The van der Waals surface area contributed by atoms with Crippen LogP contribution < -0.4 is 11.1 Å². The molecule has 4 nitrogen and oxygen atoms in total. The van der Waals surface area contributed by atoms with Gasteiger partial charge in [-0.1, -0.05) is 0 Å². The summed E-state index contributed by atoms with van der Waals surface area (Å²) >= 11 is 1.44. The first-order valence-corrected chi connectivity index (χ1v) is 7.00. The zero-order valence-electron chi connectivity index (χ0n) is 11.1. The highest BCUT2D eigenvalue weighted by atomic mass is 32.1. The Morgan fingerprint density at radius 1 is 1.61 bits per heavy atom. The first-order chi connectivity index (χ1) is 8.37. The number of nitrogen functional groups attached to an aromatic ring is 1. The molecule has 0 radical (unpaired) electrons. The number of ether oxygens (including phenoxy) is 1. The second-order valence-electron chi connectivity index (χ2n) is 5.39. The normalized spacial score (nSPS) is 22.7. The lowest BCUT2D eigenvalue weighted by Crippen LogP contribution is -2.45. The summed E-state index contributed by atoms with van der Waals surface area (Å²) in [6.45, 7) is 6.73. The lowest BCUT2D eigenvalue weighted by molar-refractivity contribution is -0.0615. The first kappa shape index (κ1) is 13.4.